The number of H-pyrrole nitrogens is 2. The van der Waals surface area contributed by atoms with E-state index in [1.807, 2.05) is 6.92 Å². The molecule has 1 aliphatic carbocycles. The summed E-state index contributed by atoms with van der Waals surface area (Å²) in [4.78, 5) is 33.6. The van der Waals surface area contributed by atoms with Gasteiger partial charge in [-0.05, 0) is 19.8 Å². The van der Waals surface area contributed by atoms with Gasteiger partial charge in [-0.2, -0.15) is 0 Å². The van der Waals surface area contributed by atoms with Gasteiger partial charge in [0.25, 0.3) is 5.56 Å². The number of nitrogens with one attached hydrogen (secondary N) is 2. The van der Waals surface area contributed by atoms with Crippen molar-refractivity contribution < 1.29 is 0 Å². The summed E-state index contributed by atoms with van der Waals surface area (Å²) in [5.41, 5.74) is 0.101. The van der Waals surface area contributed by atoms with E-state index in [2.05, 4.69) is 21.9 Å². The molecule has 0 unspecified atom stereocenters. The van der Waals surface area contributed by atoms with Crippen LogP contribution in [-0.4, -0.2) is 19.5 Å². The number of aryl methyl sites for hydroxylation is 1. The van der Waals surface area contributed by atoms with Gasteiger partial charge in [0.05, 0.1) is 0 Å². The van der Waals surface area contributed by atoms with E-state index in [9.17, 15) is 9.59 Å². The Balaban J connectivity index is 2.29. The summed E-state index contributed by atoms with van der Waals surface area (Å²) >= 11 is 0. The molecule has 0 aromatic carbocycles. The average Bonchev–Trinajstić information content (AvgIpc) is 2.97. The smallest absolute Gasteiger partial charge is 0.330 e. The second-order valence-electron chi connectivity index (χ2n) is 5.56. The molecule has 6 heteroatoms. The van der Waals surface area contributed by atoms with Gasteiger partial charge in [-0.15, -0.1) is 0 Å². The molecule has 0 saturated heterocycles. The van der Waals surface area contributed by atoms with Crippen LogP contribution >= 0.6 is 0 Å². The lowest BCUT2D eigenvalue weighted by atomic mass is 9.88. The monoisotopic (exact) mass is 262 g/mol. The minimum Gasteiger partial charge on any atom is -0.336 e. The average molecular weight is 262 g/mol. The lowest BCUT2D eigenvalue weighted by Crippen LogP contribution is -2.29. The number of fused-ring (bicyclic) bond motifs is 1. The largest absolute Gasteiger partial charge is 0.336 e. The SMILES string of the molecule is CCn1c(=O)[nH]c(=O)c2[nH]c(C3(C)CCCC3)nc21. The van der Waals surface area contributed by atoms with Crippen molar-refractivity contribution in [2.24, 2.45) is 0 Å². The zero-order valence-corrected chi connectivity index (χ0v) is 11.2. The number of aromatic nitrogens is 4. The second kappa shape index (κ2) is 4.08. The fourth-order valence-corrected chi connectivity index (χ4v) is 3.01. The van der Waals surface area contributed by atoms with E-state index < -0.39 is 5.69 Å². The Hall–Kier alpha value is -1.85. The van der Waals surface area contributed by atoms with Gasteiger partial charge in [-0.25, -0.2) is 9.78 Å². The molecule has 19 heavy (non-hydrogen) atoms. The van der Waals surface area contributed by atoms with Gasteiger partial charge in [0.15, 0.2) is 5.65 Å². The van der Waals surface area contributed by atoms with Gasteiger partial charge in [0, 0.05) is 12.0 Å². The van der Waals surface area contributed by atoms with Crippen molar-refractivity contribution in [2.75, 3.05) is 0 Å². The first-order valence-corrected chi connectivity index (χ1v) is 6.78. The van der Waals surface area contributed by atoms with E-state index in [1.165, 1.54) is 17.4 Å². The Bertz CT molecular complexity index is 731. The topological polar surface area (TPSA) is 83.5 Å². The van der Waals surface area contributed by atoms with Gasteiger partial charge in [0.2, 0.25) is 0 Å². The molecule has 0 radical (unpaired) electrons. The normalized spacial score (nSPS) is 18.2. The molecule has 1 fully saturated rings. The molecule has 6 nitrogen and oxygen atoms in total. The number of hydrogen-bond acceptors (Lipinski definition) is 3. The minimum absolute atomic E-state index is 0.0000784. The number of aromatic amines is 2. The van der Waals surface area contributed by atoms with E-state index in [1.54, 1.807) is 0 Å². The standard InChI is InChI=1S/C13H18N4O2/c1-3-17-9-8(10(18)16-12(17)19)14-11(15-9)13(2)6-4-5-7-13/h3-7H2,1-2H3,(H,14,15)(H,16,18,19). The van der Waals surface area contributed by atoms with Crippen LogP contribution in [0.3, 0.4) is 0 Å². The summed E-state index contributed by atoms with van der Waals surface area (Å²) in [6.07, 6.45) is 4.51. The highest BCUT2D eigenvalue weighted by molar-refractivity contribution is 5.70. The second-order valence-corrected chi connectivity index (χ2v) is 5.56. The van der Waals surface area contributed by atoms with Crippen molar-refractivity contribution in [3.63, 3.8) is 0 Å². The molecule has 2 heterocycles. The van der Waals surface area contributed by atoms with E-state index in [0.29, 0.717) is 17.7 Å². The lowest BCUT2D eigenvalue weighted by Gasteiger charge is -2.19. The van der Waals surface area contributed by atoms with Crippen LogP contribution in [0.4, 0.5) is 0 Å². The van der Waals surface area contributed by atoms with Crippen molar-refractivity contribution in [1.82, 2.24) is 19.5 Å². The molecule has 3 rings (SSSR count). The summed E-state index contributed by atoms with van der Waals surface area (Å²) in [5, 5.41) is 0. The van der Waals surface area contributed by atoms with E-state index in [0.717, 1.165) is 18.7 Å². The number of imidazole rings is 1. The molecule has 2 N–H and O–H groups in total. The first kappa shape index (κ1) is 12.2. The van der Waals surface area contributed by atoms with E-state index in [-0.39, 0.29) is 11.0 Å². The Kier molecular flexibility index (Phi) is 2.62. The molecular weight excluding hydrogens is 244 g/mol. The Labute approximate surface area is 109 Å². The molecule has 2 aromatic rings. The van der Waals surface area contributed by atoms with Gasteiger partial charge < -0.3 is 4.98 Å². The molecular formula is C13H18N4O2. The zero-order chi connectivity index (χ0) is 13.6. The lowest BCUT2D eigenvalue weighted by molar-refractivity contribution is 0.464. The molecule has 0 aliphatic heterocycles. The van der Waals surface area contributed by atoms with Crippen molar-refractivity contribution in [1.29, 1.82) is 0 Å². The highest BCUT2D eigenvalue weighted by Crippen LogP contribution is 2.39. The summed E-state index contributed by atoms with van der Waals surface area (Å²) in [7, 11) is 0. The van der Waals surface area contributed by atoms with Crippen molar-refractivity contribution in [2.45, 2.75) is 51.5 Å². The molecule has 0 bridgehead atoms. The molecule has 1 saturated carbocycles. The number of hydrogen-bond donors (Lipinski definition) is 2. The van der Waals surface area contributed by atoms with Crippen LogP contribution < -0.4 is 11.2 Å². The van der Waals surface area contributed by atoms with Crippen LogP contribution in [0.1, 0.15) is 45.4 Å². The van der Waals surface area contributed by atoms with Crippen LogP contribution in [0, 0.1) is 0 Å². The number of rotatable bonds is 2. The quantitative estimate of drug-likeness (QED) is 0.854. The summed E-state index contributed by atoms with van der Waals surface area (Å²) in [6.45, 7) is 4.53. The van der Waals surface area contributed by atoms with Gasteiger partial charge in [0.1, 0.15) is 11.3 Å². The third kappa shape index (κ3) is 1.74. The highest BCUT2D eigenvalue weighted by atomic mass is 16.2. The maximum Gasteiger partial charge on any atom is 0.330 e. The van der Waals surface area contributed by atoms with Crippen LogP contribution in [0.25, 0.3) is 11.2 Å². The van der Waals surface area contributed by atoms with Crippen molar-refractivity contribution >= 4 is 11.2 Å². The summed E-state index contributed by atoms with van der Waals surface area (Å²) < 4.78 is 1.50. The van der Waals surface area contributed by atoms with Gasteiger partial charge in [-0.3, -0.25) is 14.3 Å². The molecule has 0 amide bonds. The van der Waals surface area contributed by atoms with E-state index >= 15 is 0 Å². The summed E-state index contributed by atoms with van der Waals surface area (Å²) in [5.74, 6) is 0.832. The Morgan fingerprint density at radius 1 is 1.26 bits per heavy atom. The van der Waals surface area contributed by atoms with Crippen LogP contribution in [0.5, 0.6) is 0 Å². The third-order valence-corrected chi connectivity index (χ3v) is 4.23. The predicted molar refractivity (Wildman–Crippen MR) is 72.5 cm³/mol. The van der Waals surface area contributed by atoms with Crippen LogP contribution in [-0.2, 0) is 12.0 Å². The zero-order valence-electron chi connectivity index (χ0n) is 11.2. The number of nitrogens with zero attached hydrogens (tertiary/aromatic N) is 2. The maximum atomic E-state index is 11.9. The fraction of sp³-hybridized carbons (Fsp3) is 0.615. The maximum absolute atomic E-state index is 11.9. The van der Waals surface area contributed by atoms with E-state index in [4.69, 9.17) is 0 Å². The Morgan fingerprint density at radius 2 is 1.95 bits per heavy atom. The van der Waals surface area contributed by atoms with Gasteiger partial charge >= 0.3 is 5.69 Å². The highest BCUT2D eigenvalue weighted by Gasteiger charge is 2.34. The molecule has 1 aliphatic rings. The van der Waals surface area contributed by atoms with Crippen LogP contribution in [0.2, 0.25) is 0 Å². The first-order chi connectivity index (χ1) is 9.05. The summed E-state index contributed by atoms with van der Waals surface area (Å²) in [6, 6.07) is 0. The molecule has 0 atom stereocenters. The first-order valence-electron chi connectivity index (χ1n) is 6.78. The van der Waals surface area contributed by atoms with Crippen molar-refractivity contribution in [3.8, 4) is 0 Å². The Morgan fingerprint density at radius 3 is 2.58 bits per heavy atom. The van der Waals surface area contributed by atoms with Crippen LogP contribution in [0.15, 0.2) is 9.59 Å². The third-order valence-electron chi connectivity index (χ3n) is 4.23. The van der Waals surface area contributed by atoms with Crippen molar-refractivity contribution in [3.05, 3.63) is 26.7 Å². The minimum atomic E-state index is -0.394. The molecule has 102 valence electrons. The fourth-order valence-electron chi connectivity index (χ4n) is 3.01. The molecule has 0 spiro atoms. The predicted octanol–water partition coefficient (Wildman–Crippen LogP) is 1.26. The van der Waals surface area contributed by atoms with Gasteiger partial charge in [-0.1, -0.05) is 19.8 Å². The molecule has 2 aromatic heterocycles.